The molecule has 1 heterocycles. The number of alkyl halides is 1. The third-order valence-corrected chi connectivity index (χ3v) is 4.32. The molecule has 1 aliphatic heterocycles. The number of piperidine rings is 1. The van der Waals surface area contributed by atoms with Crippen LogP contribution in [0.25, 0.3) is 0 Å². The van der Waals surface area contributed by atoms with Gasteiger partial charge in [0.05, 0.1) is 11.7 Å². The van der Waals surface area contributed by atoms with E-state index in [2.05, 4.69) is 11.9 Å². The van der Waals surface area contributed by atoms with E-state index in [1.54, 1.807) is 6.08 Å². The molecule has 0 saturated carbocycles. The molecule has 0 amide bonds. The third kappa shape index (κ3) is 3.33. The molecule has 0 radical (unpaired) electrons. The van der Waals surface area contributed by atoms with Gasteiger partial charge in [-0.2, -0.15) is 0 Å². The Balaban J connectivity index is 2.39. The first-order valence-electron chi connectivity index (χ1n) is 7.52. The number of carbonyl (C=O) groups excluding carboxylic acids is 1. The van der Waals surface area contributed by atoms with Crippen molar-refractivity contribution in [2.45, 2.75) is 25.4 Å². The van der Waals surface area contributed by atoms with Gasteiger partial charge in [0.1, 0.15) is 6.17 Å². The highest BCUT2D eigenvalue weighted by Gasteiger charge is 2.42. The van der Waals surface area contributed by atoms with Gasteiger partial charge in [-0.05, 0) is 43.7 Å². The van der Waals surface area contributed by atoms with Gasteiger partial charge in [-0.3, -0.25) is 4.79 Å². The molecule has 1 N–H and O–H groups in total. The Morgan fingerprint density at radius 2 is 2.14 bits per heavy atom. The van der Waals surface area contributed by atoms with Crippen LogP contribution in [0.5, 0.6) is 0 Å². The molecule has 1 unspecified atom stereocenters. The molecule has 2 aliphatic rings. The van der Waals surface area contributed by atoms with Gasteiger partial charge < -0.3 is 5.32 Å². The number of hydrogen-bond acceptors (Lipinski definition) is 2. The van der Waals surface area contributed by atoms with Crippen LogP contribution in [0.15, 0.2) is 60.5 Å². The maximum absolute atomic E-state index is 13.3. The average molecular weight is 305 g/mol. The summed E-state index contributed by atoms with van der Waals surface area (Å²) >= 11 is 0. The minimum absolute atomic E-state index is 0.0738. The van der Waals surface area contributed by atoms with E-state index >= 15 is 0 Å². The Hall–Kier alpha value is -1.81. The monoisotopic (exact) mass is 305 g/mol. The first-order chi connectivity index (χ1) is 10.6. The van der Waals surface area contributed by atoms with E-state index in [1.165, 1.54) is 24.3 Å². The first kappa shape index (κ1) is 16.6. The summed E-state index contributed by atoms with van der Waals surface area (Å²) in [6.45, 7) is 5.10. The topological polar surface area (TPSA) is 29.1 Å². The molecule has 1 saturated heterocycles. The van der Waals surface area contributed by atoms with Gasteiger partial charge in [0.2, 0.25) is 0 Å². The van der Waals surface area contributed by atoms with Crippen LogP contribution in [-0.2, 0) is 4.79 Å². The molecule has 2 nitrogen and oxygen atoms in total. The Labute approximate surface area is 130 Å². The van der Waals surface area contributed by atoms with Crippen LogP contribution in [-0.4, -0.2) is 25.0 Å². The molecular weight excluding hydrogens is 284 g/mol. The lowest BCUT2D eigenvalue weighted by molar-refractivity contribution is -0.123. The zero-order valence-corrected chi connectivity index (χ0v) is 12.5. The first-order valence-corrected chi connectivity index (χ1v) is 7.52. The summed E-state index contributed by atoms with van der Waals surface area (Å²) in [6, 6.07) is 0. The minimum Gasteiger partial charge on any atom is -0.317 e. The van der Waals surface area contributed by atoms with Crippen LogP contribution in [0.4, 0.5) is 8.78 Å². The van der Waals surface area contributed by atoms with E-state index < -0.39 is 11.6 Å². The van der Waals surface area contributed by atoms with Gasteiger partial charge in [-0.15, -0.1) is 0 Å². The number of rotatable bonds is 5. The zero-order valence-electron chi connectivity index (χ0n) is 12.5. The highest BCUT2D eigenvalue weighted by molar-refractivity contribution is 6.04. The van der Waals surface area contributed by atoms with Crippen molar-refractivity contribution in [2.75, 3.05) is 13.1 Å². The van der Waals surface area contributed by atoms with E-state index in [0.717, 1.165) is 18.7 Å². The smallest absolute Gasteiger partial charge is 0.173 e. The molecule has 4 heteroatoms. The van der Waals surface area contributed by atoms with Gasteiger partial charge in [0.25, 0.3) is 0 Å². The van der Waals surface area contributed by atoms with E-state index in [1.807, 2.05) is 6.08 Å². The maximum atomic E-state index is 13.3. The van der Waals surface area contributed by atoms with Crippen molar-refractivity contribution in [1.29, 1.82) is 0 Å². The summed E-state index contributed by atoms with van der Waals surface area (Å²) in [5.74, 6) is -0.0738. The van der Waals surface area contributed by atoms with Gasteiger partial charge >= 0.3 is 0 Å². The van der Waals surface area contributed by atoms with Crippen molar-refractivity contribution in [3.8, 4) is 0 Å². The lowest BCUT2D eigenvalue weighted by Crippen LogP contribution is -2.44. The van der Waals surface area contributed by atoms with Gasteiger partial charge in [0, 0.05) is 12.0 Å². The molecule has 118 valence electrons. The average Bonchev–Trinajstić information content (AvgIpc) is 2.56. The summed E-state index contributed by atoms with van der Waals surface area (Å²) in [4.78, 5) is 13.0. The Kier molecular flexibility index (Phi) is 5.61. The number of hydrogen-bond donors (Lipinski definition) is 1. The maximum Gasteiger partial charge on any atom is 0.173 e. The zero-order chi connectivity index (χ0) is 16.0. The Morgan fingerprint density at radius 3 is 2.68 bits per heavy atom. The molecule has 22 heavy (non-hydrogen) atoms. The van der Waals surface area contributed by atoms with E-state index in [9.17, 15) is 13.6 Å². The molecule has 1 aliphatic carbocycles. The molecular formula is C18H21F2NO. The number of ketones is 1. The van der Waals surface area contributed by atoms with Crippen molar-refractivity contribution in [1.82, 2.24) is 5.32 Å². The van der Waals surface area contributed by atoms with Crippen molar-refractivity contribution in [2.24, 2.45) is 5.41 Å². The normalized spacial score (nSPS) is 25.1. The fourth-order valence-electron chi connectivity index (χ4n) is 3.10. The van der Waals surface area contributed by atoms with E-state index in [0.29, 0.717) is 31.2 Å². The Morgan fingerprint density at radius 1 is 1.41 bits per heavy atom. The van der Waals surface area contributed by atoms with Crippen molar-refractivity contribution in [3.05, 3.63) is 60.5 Å². The van der Waals surface area contributed by atoms with Crippen molar-refractivity contribution < 1.29 is 13.6 Å². The van der Waals surface area contributed by atoms with Crippen LogP contribution in [0, 0.1) is 5.41 Å². The van der Waals surface area contributed by atoms with Crippen LogP contribution in [0.1, 0.15) is 19.3 Å². The SMILES string of the molecule is C=C/C(=C\C=C\F)C(=O)C1(C2=CCC(F)C=C2)CCNCC1. The predicted molar refractivity (Wildman–Crippen MR) is 84.8 cm³/mol. The number of allylic oxidation sites excluding steroid dienone is 8. The molecule has 0 bridgehead atoms. The quantitative estimate of drug-likeness (QED) is 0.619. The summed E-state index contributed by atoms with van der Waals surface area (Å²) in [5, 5.41) is 3.25. The van der Waals surface area contributed by atoms with Gasteiger partial charge in [0.15, 0.2) is 5.78 Å². The molecule has 0 aromatic carbocycles. The summed E-state index contributed by atoms with van der Waals surface area (Å²) in [7, 11) is 0. The number of Topliss-reactive ketones (excluding diaryl/α,β-unsaturated/α-hetero) is 1. The van der Waals surface area contributed by atoms with Crippen LogP contribution < -0.4 is 5.32 Å². The van der Waals surface area contributed by atoms with Gasteiger partial charge in [-0.25, -0.2) is 8.78 Å². The lowest BCUT2D eigenvalue weighted by atomic mass is 9.66. The standard InChI is InChI=1S/C18H21F2NO/c1-2-14(4-3-11-19)17(22)18(9-12-21-13-10-18)15-5-7-16(20)8-6-15/h2-7,11,16,21H,1,8-10,12-13H2/b11-3+,14-4+. The number of carbonyl (C=O) groups is 1. The van der Waals surface area contributed by atoms with Crippen molar-refractivity contribution in [3.63, 3.8) is 0 Å². The number of nitrogens with one attached hydrogen (secondary N) is 1. The molecule has 0 aromatic heterocycles. The molecule has 0 aromatic rings. The van der Waals surface area contributed by atoms with Crippen LogP contribution in [0.2, 0.25) is 0 Å². The summed E-state index contributed by atoms with van der Waals surface area (Å²) in [6.07, 6.45) is 10.1. The highest BCUT2D eigenvalue weighted by Crippen LogP contribution is 2.42. The van der Waals surface area contributed by atoms with Gasteiger partial charge in [-0.1, -0.05) is 30.9 Å². The second kappa shape index (κ2) is 7.45. The second-order valence-electron chi connectivity index (χ2n) is 5.58. The van der Waals surface area contributed by atoms with Crippen LogP contribution in [0.3, 0.4) is 0 Å². The largest absolute Gasteiger partial charge is 0.317 e. The fraction of sp³-hybridized carbons (Fsp3) is 0.389. The molecule has 1 atom stereocenters. The Bertz CT molecular complexity index is 551. The molecule has 0 spiro atoms. The summed E-state index contributed by atoms with van der Waals surface area (Å²) < 4.78 is 25.6. The van der Waals surface area contributed by atoms with E-state index in [-0.39, 0.29) is 5.78 Å². The second-order valence-corrected chi connectivity index (χ2v) is 5.58. The fourth-order valence-corrected chi connectivity index (χ4v) is 3.10. The molecule has 1 fully saturated rings. The lowest BCUT2D eigenvalue weighted by Gasteiger charge is -2.38. The van der Waals surface area contributed by atoms with Crippen molar-refractivity contribution >= 4 is 5.78 Å². The molecule has 2 rings (SSSR count). The van der Waals surface area contributed by atoms with Crippen LogP contribution >= 0.6 is 0 Å². The number of halogens is 2. The highest BCUT2D eigenvalue weighted by atomic mass is 19.1. The third-order valence-electron chi connectivity index (χ3n) is 4.32. The minimum atomic E-state index is -0.985. The van der Waals surface area contributed by atoms with E-state index in [4.69, 9.17) is 0 Å². The predicted octanol–water partition coefficient (Wildman–Crippen LogP) is 3.75. The summed E-state index contributed by atoms with van der Waals surface area (Å²) in [5.41, 5.74) is 0.573.